The zero-order valence-corrected chi connectivity index (χ0v) is 16.3. The summed E-state index contributed by atoms with van der Waals surface area (Å²) < 4.78 is 19.0. The third kappa shape index (κ3) is 6.34. The van der Waals surface area contributed by atoms with Crippen LogP contribution in [-0.2, 0) is 13.1 Å². The zero-order chi connectivity index (χ0) is 15.8. The number of hydrogen-bond acceptors (Lipinski definition) is 3. The van der Waals surface area contributed by atoms with Crippen LogP contribution >= 0.6 is 35.3 Å². The highest BCUT2D eigenvalue weighted by atomic mass is 127. The van der Waals surface area contributed by atoms with Crippen molar-refractivity contribution in [3.63, 3.8) is 0 Å². The fourth-order valence-electron chi connectivity index (χ4n) is 1.91. The molecule has 23 heavy (non-hydrogen) atoms. The van der Waals surface area contributed by atoms with E-state index in [1.807, 2.05) is 18.4 Å². The lowest BCUT2D eigenvalue weighted by Gasteiger charge is -2.12. The van der Waals surface area contributed by atoms with Crippen LogP contribution in [0.1, 0.15) is 18.1 Å². The molecule has 2 N–H and O–H groups in total. The molecule has 1 aromatic carbocycles. The molecule has 1 heterocycles. The maximum absolute atomic E-state index is 13.8. The normalized spacial score (nSPS) is 10.8. The molecule has 126 valence electrons. The van der Waals surface area contributed by atoms with Gasteiger partial charge in [-0.05, 0) is 47.0 Å². The average Bonchev–Trinajstić information content (AvgIpc) is 3.03. The number of rotatable bonds is 6. The van der Waals surface area contributed by atoms with Gasteiger partial charge in [0.25, 0.3) is 0 Å². The van der Waals surface area contributed by atoms with E-state index in [0.717, 1.165) is 5.56 Å². The van der Waals surface area contributed by atoms with Crippen molar-refractivity contribution in [1.29, 1.82) is 0 Å². The van der Waals surface area contributed by atoms with Gasteiger partial charge in [0, 0.05) is 20.1 Å². The van der Waals surface area contributed by atoms with Gasteiger partial charge in [0.05, 0.1) is 6.61 Å². The smallest absolute Gasteiger partial charge is 0.191 e. The molecule has 0 amide bonds. The summed E-state index contributed by atoms with van der Waals surface area (Å²) in [5.41, 5.74) is 2.04. The lowest BCUT2D eigenvalue weighted by molar-refractivity contribution is 0.321. The van der Waals surface area contributed by atoms with Crippen molar-refractivity contribution < 1.29 is 9.13 Å². The van der Waals surface area contributed by atoms with Gasteiger partial charge in [-0.25, -0.2) is 4.39 Å². The van der Waals surface area contributed by atoms with Crippen LogP contribution in [0.4, 0.5) is 4.39 Å². The third-order valence-corrected chi connectivity index (χ3v) is 3.75. The first-order valence-corrected chi connectivity index (χ1v) is 8.04. The Kier molecular flexibility index (Phi) is 8.93. The van der Waals surface area contributed by atoms with Gasteiger partial charge in [-0.2, -0.15) is 11.3 Å². The number of benzene rings is 1. The standard InChI is InChI=1S/C16H20FN3OS.HI/c1-3-21-15-5-4-12(8-14(15)17)9-19-16(18-2)20-10-13-6-7-22-11-13;/h4-8,11H,3,9-10H2,1-2H3,(H2,18,19,20);1H. The molecular formula is C16H21FIN3OS. The minimum Gasteiger partial charge on any atom is -0.491 e. The minimum absolute atomic E-state index is 0. The molecule has 0 radical (unpaired) electrons. The highest BCUT2D eigenvalue weighted by Gasteiger charge is 2.05. The summed E-state index contributed by atoms with van der Waals surface area (Å²) in [5.74, 6) is 0.620. The van der Waals surface area contributed by atoms with E-state index in [1.165, 1.54) is 11.6 Å². The summed E-state index contributed by atoms with van der Waals surface area (Å²) in [6.07, 6.45) is 0. The Morgan fingerprint density at radius 3 is 2.52 bits per heavy atom. The van der Waals surface area contributed by atoms with E-state index in [2.05, 4.69) is 27.1 Å². The summed E-state index contributed by atoms with van der Waals surface area (Å²) in [5, 5.41) is 10.5. The van der Waals surface area contributed by atoms with Crippen molar-refractivity contribution in [3.05, 3.63) is 52.0 Å². The Hall–Kier alpha value is -1.35. The SMILES string of the molecule is CCOc1ccc(CNC(=NC)NCc2ccsc2)cc1F.I. The maximum Gasteiger partial charge on any atom is 0.191 e. The van der Waals surface area contributed by atoms with Gasteiger partial charge in [-0.15, -0.1) is 24.0 Å². The number of guanidine groups is 1. The van der Waals surface area contributed by atoms with E-state index in [9.17, 15) is 4.39 Å². The molecule has 1 aromatic heterocycles. The Bertz CT molecular complexity index is 620. The number of ether oxygens (including phenoxy) is 1. The highest BCUT2D eigenvalue weighted by Crippen LogP contribution is 2.18. The molecule has 0 saturated carbocycles. The molecule has 0 atom stereocenters. The Labute approximate surface area is 157 Å². The Morgan fingerprint density at radius 2 is 1.96 bits per heavy atom. The van der Waals surface area contributed by atoms with E-state index >= 15 is 0 Å². The molecule has 0 bridgehead atoms. The van der Waals surface area contributed by atoms with Crippen molar-refractivity contribution in [3.8, 4) is 5.75 Å². The summed E-state index contributed by atoms with van der Waals surface area (Å²) in [7, 11) is 1.71. The van der Waals surface area contributed by atoms with Crippen LogP contribution in [0.15, 0.2) is 40.0 Å². The molecule has 0 aliphatic rings. The van der Waals surface area contributed by atoms with Gasteiger partial charge in [-0.1, -0.05) is 6.07 Å². The van der Waals surface area contributed by atoms with Gasteiger partial charge < -0.3 is 15.4 Å². The Balaban J connectivity index is 0.00000264. The van der Waals surface area contributed by atoms with Crippen LogP contribution in [-0.4, -0.2) is 19.6 Å². The average molecular weight is 449 g/mol. The molecule has 0 aliphatic carbocycles. The molecule has 0 saturated heterocycles. The van der Waals surface area contributed by atoms with Gasteiger partial charge in [0.1, 0.15) is 0 Å². The molecule has 7 heteroatoms. The van der Waals surface area contributed by atoms with Crippen molar-refractivity contribution in [2.45, 2.75) is 20.0 Å². The van der Waals surface area contributed by atoms with E-state index in [4.69, 9.17) is 4.74 Å². The molecule has 0 aliphatic heterocycles. The van der Waals surface area contributed by atoms with Crippen LogP contribution in [0.2, 0.25) is 0 Å². The van der Waals surface area contributed by atoms with Crippen LogP contribution in [0.25, 0.3) is 0 Å². The first-order valence-electron chi connectivity index (χ1n) is 7.09. The van der Waals surface area contributed by atoms with Gasteiger partial charge >= 0.3 is 0 Å². The van der Waals surface area contributed by atoms with E-state index in [1.54, 1.807) is 24.5 Å². The van der Waals surface area contributed by atoms with Gasteiger partial charge in [0.2, 0.25) is 0 Å². The van der Waals surface area contributed by atoms with Crippen molar-refractivity contribution in [2.75, 3.05) is 13.7 Å². The van der Waals surface area contributed by atoms with Crippen LogP contribution < -0.4 is 15.4 Å². The fourth-order valence-corrected chi connectivity index (χ4v) is 2.58. The number of hydrogen-bond donors (Lipinski definition) is 2. The molecular weight excluding hydrogens is 428 g/mol. The van der Waals surface area contributed by atoms with Crippen LogP contribution in [0.5, 0.6) is 5.75 Å². The Morgan fingerprint density at radius 1 is 1.22 bits per heavy atom. The summed E-state index contributed by atoms with van der Waals surface area (Å²) in [6, 6.07) is 7.03. The lowest BCUT2D eigenvalue weighted by atomic mass is 10.2. The maximum atomic E-state index is 13.8. The molecule has 0 spiro atoms. The molecule has 0 fully saturated rings. The number of thiophene rings is 1. The second-order valence-electron chi connectivity index (χ2n) is 4.61. The quantitative estimate of drug-likeness (QED) is 0.401. The molecule has 0 unspecified atom stereocenters. The van der Waals surface area contributed by atoms with Crippen molar-refractivity contribution >= 4 is 41.3 Å². The summed E-state index contributed by atoms with van der Waals surface area (Å²) in [4.78, 5) is 4.15. The van der Waals surface area contributed by atoms with Gasteiger partial charge in [0.15, 0.2) is 17.5 Å². The monoisotopic (exact) mass is 449 g/mol. The lowest BCUT2D eigenvalue weighted by Crippen LogP contribution is -2.36. The second kappa shape index (κ2) is 10.4. The third-order valence-electron chi connectivity index (χ3n) is 3.02. The number of nitrogens with one attached hydrogen (secondary N) is 2. The molecule has 2 aromatic rings. The number of halogens is 2. The largest absolute Gasteiger partial charge is 0.491 e. The van der Waals surface area contributed by atoms with Crippen LogP contribution in [0, 0.1) is 5.82 Å². The van der Waals surface area contributed by atoms with E-state index in [0.29, 0.717) is 25.7 Å². The van der Waals surface area contributed by atoms with Crippen molar-refractivity contribution in [1.82, 2.24) is 10.6 Å². The number of aliphatic imine (C=N–C) groups is 1. The first kappa shape index (κ1) is 19.7. The predicted molar refractivity (Wildman–Crippen MR) is 104 cm³/mol. The highest BCUT2D eigenvalue weighted by molar-refractivity contribution is 14.0. The molecule has 2 rings (SSSR count). The molecule has 4 nitrogen and oxygen atoms in total. The predicted octanol–water partition coefficient (Wildman–Crippen LogP) is 3.77. The topological polar surface area (TPSA) is 45.6 Å². The van der Waals surface area contributed by atoms with Crippen LogP contribution in [0.3, 0.4) is 0 Å². The minimum atomic E-state index is -0.345. The van der Waals surface area contributed by atoms with Gasteiger partial charge in [-0.3, -0.25) is 4.99 Å². The van der Waals surface area contributed by atoms with E-state index in [-0.39, 0.29) is 35.5 Å². The number of nitrogens with zero attached hydrogens (tertiary/aromatic N) is 1. The second-order valence-corrected chi connectivity index (χ2v) is 5.39. The zero-order valence-electron chi connectivity index (χ0n) is 13.1. The van der Waals surface area contributed by atoms with E-state index < -0.39 is 0 Å². The fraction of sp³-hybridized carbons (Fsp3) is 0.312. The van der Waals surface area contributed by atoms with Crippen molar-refractivity contribution in [2.24, 2.45) is 4.99 Å². The summed E-state index contributed by atoms with van der Waals surface area (Å²) >= 11 is 1.66. The first-order chi connectivity index (χ1) is 10.7. The summed E-state index contributed by atoms with van der Waals surface area (Å²) in [6.45, 7) is 3.49.